The number of benzene rings is 1. The lowest BCUT2D eigenvalue weighted by molar-refractivity contribution is -0.119. The van der Waals surface area contributed by atoms with E-state index in [4.69, 9.17) is 4.74 Å². The van der Waals surface area contributed by atoms with E-state index in [-0.39, 0.29) is 12.5 Å². The van der Waals surface area contributed by atoms with E-state index in [1.807, 2.05) is 49.6 Å². The number of thiophene rings is 1. The predicted octanol–water partition coefficient (Wildman–Crippen LogP) is 4.53. The van der Waals surface area contributed by atoms with Crippen molar-refractivity contribution < 1.29 is 14.3 Å². The Bertz CT molecular complexity index is 961. The van der Waals surface area contributed by atoms with Crippen LogP contribution in [0.15, 0.2) is 47.8 Å². The highest BCUT2D eigenvalue weighted by atomic mass is 32.1. The van der Waals surface area contributed by atoms with Gasteiger partial charge in [0.1, 0.15) is 0 Å². The Morgan fingerprint density at radius 2 is 1.81 bits per heavy atom. The van der Waals surface area contributed by atoms with Crippen LogP contribution >= 0.6 is 11.3 Å². The average molecular weight is 380 g/mol. The number of hydrogen-bond acceptors (Lipinski definition) is 5. The number of aryl methyl sites for hydroxylation is 3. The third-order valence-electron chi connectivity index (χ3n) is 3.92. The normalized spacial score (nSPS) is 10.5. The van der Waals surface area contributed by atoms with E-state index in [1.165, 1.54) is 0 Å². The fourth-order valence-electron chi connectivity index (χ4n) is 2.79. The first kappa shape index (κ1) is 18.8. The minimum absolute atomic E-state index is 0.349. The largest absolute Gasteiger partial charge is 0.452 e. The highest BCUT2D eigenvalue weighted by molar-refractivity contribution is 7.13. The predicted molar refractivity (Wildman–Crippen MR) is 107 cm³/mol. The molecule has 0 bridgehead atoms. The first-order chi connectivity index (χ1) is 12.9. The minimum Gasteiger partial charge on any atom is -0.452 e. The molecule has 6 heteroatoms. The number of nitrogens with one attached hydrogen (secondary N) is 1. The number of pyridine rings is 1. The lowest BCUT2D eigenvalue weighted by Crippen LogP contribution is -2.21. The number of nitrogens with zero attached hydrogens (tertiary/aromatic N) is 1. The topological polar surface area (TPSA) is 68.3 Å². The van der Waals surface area contributed by atoms with Gasteiger partial charge < -0.3 is 10.1 Å². The molecule has 27 heavy (non-hydrogen) atoms. The van der Waals surface area contributed by atoms with Gasteiger partial charge in [-0.1, -0.05) is 12.1 Å². The van der Waals surface area contributed by atoms with Gasteiger partial charge in [-0.15, -0.1) is 11.3 Å². The van der Waals surface area contributed by atoms with E-state index in [0.29, 0.717) is 16.9 Å². The zero-order chi connectivity index (χ0) is 19.4. The summed E-state index contributed by atoms with van der Waals surface area (Å²) in [6.07, 6.45) is 0. The highest BCUT2D eigenvalue weighted by Gasteiger charge is 2.15. The molecule has 0 aliphatic heterocycles. The van der Waals surface area contributed by atoms with Gasteiger partial charge in [0.15, 0.2) is 6.61 Å². The van der Waals surface area contributed by atoms with Gasteiger partial charge >= 0.3 is 5.97 Å². The maximum atomic E-state index is 12.3. The Balaban J connectivity index is 1.61. The number of anilines is 1. The van der Waals surface area contributed by atoms with Crippen LogP contribution in [0.2, 0.25) is 0 Å². The summed E-state index contributed by atoms with van der Waals surface area (Å²) in [5, 5.41) is 4.72. The number of carbonyl (C=O) groups excluding carboxylic acids is 2. The van der Waals surface area contributed by atoms with E-state index >= 15 is 0 Å². The van der Waals surface area contributed by atoms with Crippen molar-refractivity contribution in [2.45, 2.75) is 20.8 Å². The van der Waals surface area contributed by atoms with Crippen molar-refractivity contribution in [2.24, 2.45) is 0 Å². The quantitative estimate of drug-likeness (QED) is 0.660. The van der Waals surface area contributed by atoms with Crippen LogP contribution in [0, 0.1) is 20.8 Å². The van der Waals surface area contributed by atoms with Crippen molar-refractivity contribution in [3.63, 3.8) is 0 Å². The lowest BCUT2D eigenvalue weighted by Gasteiger charge is -2.09. The Morgan fingerprint density at radius 1 is 1.07 bits per heavy atom. The Hall–Kier alpha value is -2.99. The van der Waals surface area contributed by atoms with Gasteiger partial charge in [-0.2, -0.15) is 0 Å². The average Bonchev–Trinajstić information content (AvgIpc) is 3.13. The molecule has 0 radical (unpaired) electrons. The minimum atomic E-state index is -0.562. The maximum Gasteiger partial charge on any atom is 0.340 e. The number of ether oxygens (including phenoxy) is 1. The van der Waals surface area contributed by atoms with Crippen LogP contribution in [0.5, 0.6) is 0 Å². The van der Waals surface area contributed by atoms with Crippen molar-refractivity contribution in [3.8, 4) is 10.6 Å². The molecule has 2 heterocycles. The van der Waals surface area contributed by atoms with Gasteiger partial charge in [-0.25, -0.2) is 4.79 Å². The fourth-order valence-corrected chi connectivity index (χ4v) is 3.49. The maximum absolute atomic E-state index is 12.3. The standard InChI is InChI=1S/C21H20N2O3S/c1-13-9-14(2)11-16(10-13)23-20(24)12-26-21(25)17-6-7-18(22-15(17)3)19-5-4-8-27-19/h4-11H,12H2,1-3H3,(H,23,24). The lowest BCUT2D eigenvalue weighted by atomic mass is 10.1. The number of carbonyl (C=O) groups is 2. The molecule has 3 rings (SSSR count). The van der Waals surface area contributed by atoms with Crippen LogP contribution in [-0.4, -0.2) is 23.5 Å². The van der Waals surface area contributed by atoms with Crippen LogP contribution in [-0.2, 0) is 9.53 Å². The summed E-state index contributed by atoms with van der Waals surface area (Å²) in [7, 11) is 0. The number of aromatic nitrogens is 1. The van der Waals surface area contributed by atoms with Gasteiger partial charge in [0.25, 0.3) is 5.91 Å². The molecule has 1 amide bonds. The molecule has 1 aromatic carbocycles. The van der Waals surface area contributed by atoms with Gasteiger partial charge in [0.2, 0.25) is 0 Å². The second-order valence-corrected chi connectivity index (χ2v) is 7.26. The van der Waals surface area contributed by atoms with E-state index in [1.54, 1.807) is 30.4 Å². The number of esters is 1. The van der Waals surface area contributed by atoms with E-state index in [0.717, 1.165) is 21.7 Å². The molecule has 0 unspecified atom stereocenters. The van der Waals surface area contributed by atoms with Gasteiger partial charge in [0.05, 0.1) is 21.8 Å². The number of amides is 1. The molecule has 2 aromatic heterocycles. The van der Waals surface area contributed by atoms with Crippen molar-refractivity contribution in [3.05, 3.63) is 70.2 Å². The molecular weight excluding hydrogens is 360 g/mol. The SMILES string of the molecule is Cc1cc(C)cc(NC(=O)COC(=O)c2ccc(-c3cccs3)nc2C)c1. The summed E-state index contributed by atoms with van der Waals surface area (Å²) in [5.74, 6) is -0.942. The third kappa shape index (κ3) is 4.80. The molecule has 0 saturated heterocycles. The van der Waals surface area contributed by atoms with Gasteiger partial charge in [-0.3, -0.25) is 9.78 Å². The molecule has 0 aliphatic carbocycles. The number of hydrogen-bond donors (Lipinski definition) is 1. The van der Waals surface area contributed by atoms with E-state index in [9.17, 15) is 9.59 Å². The Morgan fingerprint density at radius 3 is 2.44 bits per heavy atom. The Labute approximate surface area is 162 Å². The van der Waals surface area contributed by atoms with Crippen molar-refractivity contribution >= 4 is 28.9 Å². The molecule has 0 aliphatic rings. The fraction of sp³-hybridized carbons (Fsp3) is 0.190. The van der Waals surface area contributed by atoms with Gasteiger partial charge in [0, 0.05) is 5.69 Å². The van der Waals surface area contributed by atoms with Crippen LogP contribution < -0.4 is 5.32 Å². The second kappa shape index (κ2) is 8.14. The summed E-state index contributed by atoms with van der Waals surface area (Å²) >= 11 is 1.58. The molecule has 5 nitrogen and oxygen atoms in total. The molecule has 0 saturated carbocycles. The summed E-state index contributed by atoms with van der Waals surface area (Å²) in [6, 6.07) is 13.1. The number of rotatable bonds is 5. The Kier molecular flexibility index (Phi) is 5.66. The smallest absolute Gasteiger partial charge is 0.340 e. The van der Waals surface area contributed by atoms with Crippen molar-refractivity contribution in [2.75, 3.05) is 11.9 Å². The first-order valence-electron chi connectivity index (χ1n) is 8.49. The summed E-state index contributed by atoms with van der Waals surface area (Å²) in [4.78, 5) is 29.8. The summed E-state index contributed by atoms with van der Waals surface area (Å²) in [6.45, 7) is 5.32. The zero-order valence-corrected chi connectivity index (χ0v) is 16.2. The van der Waals surface area contributed by atoms with Crippen LogP contribution in [0.1, 0.15) is 27.2 Å². The monoisotopic (exact) mass is 380 g/mol. The van der Waals surface area contributed by atoms with Crippen LogP contribution in [0.3, 0.4) is 0 Å². The first-order valence-corrected chi connectivity index (χ1v) is 9.37. The molecule has 0 atom stereocenters. The molecular formula is C21H20N2O3S. The second-order valence-electron chi connectivity index (χ2n) is 6.31. The summed E-state index contributed by atoms with van der Waals surface area (Å²) < 4.78 is 5.15. The third-order valence-corrected chi connectivity index (χ3v) is 4.81. The van der Waals surface area contributed by atoms with E-state index < -0.39 is 5.97 Å². The summed E-state index contributed by atoms with van der Waals surface area (Å²) in [5.41, 5.74) is 4.53. The molecule has 0 spiro atoms. The molecule has 138 valence electrons. The zero-order valence-electron chi connectivity index (χ0n) is 15.4. The highest BCUT2D eigenvalue weighted by Crippen LogP contribution is 2.24. The van der Waals surface area contributed by atoms with Crippen LogP contribution in [0.4, 0.5) is 5.69 Å². The van der Waals surface area contributed by atoms with Crippen molar-refractivity contribution in [1.29, 1.82) is 0 Å². The van der Waals surface area contributed by atoms with E-state index in [2.05, 4.69) is 10.3 Å². The molecule has 3 aromatic rings. The van der Waals surface area contributed by atoms with Crippen molar-refractivity contribution in [1.82, 2.24) is 4.98 Å². The van der Waals surface area contributed by atoms with Crippen LogP contribution in [0.25, 0.3) is 10.6 Å². The molecule has 0 fully saturated rings. The molecule has 1 N–H and O–H groups in total. The van der Waals surface area contributed by atoms with Gasteiger partial charge in [-0.05, 0) is 67.6 Å².